The van der Waals surface area contributed by atoms with Crippen molar-refractivity contribution in [1.29, 1.82) is 0 Å². The normalized spacial score (nSPS) is 44.9. The molecule has 2 heteroatoms. The molecular formula is C19H27NO. The molecule has 0 radical (unpaired) electrons. The van der Waals surface area contributed by atoms with Crippen molar-refractivity contribution in [3.05, 3.63) is 29.3 Å². The van der Waals surface area contributed by atoms with E-state index < -0.39 is 20.4 Å². The Hall–Kier alpha value is -1.02. The van der Waals surface area contributed by atoms with Crippen molar-refractivity contribution in [2.45, 2.75) is 63.4 Å². The molecular weight excluding hydrogens is 258 g/mol. The van der Waals surface area contributed by atoms with Crippen LogP contribution in [0.4, 0.5) is 0 Å². The van der Waals surface area contributed by atoms with Gasteiger partial charge in [-0.3, -0.25) is 4.90 Å². The van der Waals surface area contributed by atoms with Gasteiger partial charge in [0.05, 0.1) is 9.30 Å². The second-order valence-electron chi connectivity index (χ2n) is 6.70. The first kappa shape index (κ1) is 7.50. The molecule has 1 saturated heterocycles. The van der Waals surface area contributed by atoms with Gasteiger partial charge in [0.25, 0.3) is 0 Å². The van der Waals surface area contributed by atoms with Crippen LogP contribution in [0.1, 0.15) is 61.6 Å². The molecule has 0 amide bonds. The van der Waals surface area contributed by atoms with Crippen LogP contribution in [0.2, 0.25) is 0 Å². The zero-order chi connectivity index (χ0) is 21.4. The second-order valence-corrected chi connectivity index (χ2v) is 6.70. The first-order valence-electron chi connectivity index (χ1n) is 11.9. The minimum absolute atomic E-state index is 0.0131. The fraction of sp³-hybridized carbons (Fsp3) is 0.684. The lowest BCUT2D eigenvalue weighted by Gasteiger charge is -2.66. The van der Waals surface area contributed by atoms with Gasteiger partial charge in [0, 0.05) is 25.7 Å². The van der Waals surface area contributed by atoms with Crippen LogP contribution in [0.5, 0.6) is 5.75 Å². The van der Waals surface area contributed by atoms with E-state index in [4.69, 9.17) is 15.7 Å². The summed E-state index contributed by atoms with van der Waals surface area (Å²) in [7, 11) is 0. The van der Waals surface area contributed by atoms with Crippen molar-refractivity contribution in [2.75, 3.05) is 13.5 Å². The highest BCUT2D eigenvalue weighted by atomic mass is 16.5. The Kier molecular flexibility index (Phi) is 1.69. The number of likely N-dealkylation sites (N-methyl/N-ethyl adjacent to an activating group) is 1. The molecule has 4 atom stereocenters. The smallest absolute Gasteiger partial charge is 0.119 e. The minimum Gasteiger partial charge on any atom is -0.494 e. The molecule has 114 valence electrons. The lowest BCUT2D eigenvalue weighted by Crippen LogP contribution is -2.72. The number of likely N-dealkylation sites (tertiary alicyclic amines) is 1. The summed E-state index contributed by atoms with van der Waals surface area (Å²) < 4.78 is 66.9. The average Bonchev–Trinajstić information content (AvgIpc) is 2.57. The molecule has 1 aromatic rings. The van der Waals surface area contributed by atoms with Crippen LogP contribution in [0.3, 0.4) is 0 Å². The van der Waals surface area contributed by atoms with Gasteiger partial charge in [-0.1, -0.05) is 19.4 Å². The molecule has 1 aliphatic heterocycles. The molecule has 2 fully saturated rings. The van der Waals surface area contributed by atoms with E-state index in [0.717, 1.165) is 36.8 Å². The summed E-state index contributed by atoms with van der Waals surface area (Å²) in [5.74, 6) is 0.467. The Labute approximate surface area is 139 Å². The third-order valence-corrected chi connectivity index (χ3v) is 6.15. The van der Waals surface area contributed by atoms with Gasteiger partial charge >= 0.3 is 0 Å². The highest BCUT2D eigenvalue weighted by molar-refractivity contribution is 5.46. The lowest BCUT2D eigenvalue weighted by molar-refractivity contribution is -0.115. The standard InChI is InChI=1S/C19H27NO/c1-4-19-10-6-7-16-18(19)17(20(16)3)11-13-8-9-14(21-5-2)12-15(13)19/h8-9,12,16-18H,4-7,10-11H2,1-3H3/t16?,17-,18+,19?/m0/s1/i2D3,3D3,5D2. The quantitative estimate of drug-likeness (QED) is 0.841. The monoisotopic (exact) mass is 293 g/mol. The van der Waals surface area contributed by atoms with Crippen molar-refractivity contribution in [3.8, 4) is 5.75 Å². The van der Waals surface area contributed by atoms with Crippen LogP contribution in [0, 0.1) is 5.92 Å². The fourth-order valence-corrected chi connectivity index (χ4v) is 5.28. The highest BCUT2D eigenvalue weighted by Gasteiger charge is 2.60. The summed E-state index contributed by atoms with van der Waals surface area (Å²) in [5.41, 5.74) is 1.97. The van der Waals surface area contributed by atoms with Crippen LogP contribution in [0.25, 0.3) is 0 Å². The predicted octanol–water partition coefficient (Wildman–Crippen LogP) is 3.77. The third-order valence-electron chi connectivity index (χ3n) is 6.15. The van der Waals surface area contributed by atoms with Crippen LogP contribution < -0.4 is 4.74 Å². The van der Waals surface area contributed by atoms with E-state index >= 15 is 0 Å². The molecule has 1 aromatic carbocycles. The Bertz CT molecular complexity index is 804. The lowest BCUT2D eigenvalue weighted by atomic mass is 9.49. The molecule has 1 heterocycles. The number of ether oxygens (including phenoxy) is 1. The molecule has 0 bridgehead atoms. The molecule has 1 saturated carbocycles. The number of fused-ring (bicyclic) bond motifs is 2. The SMILES string of the molecule is [2H]C([2H])([2H])N1C2CCCC3(CC)c4cc(OC([2H])([2H])C([2H])([2H])[2H])ccc4C[C@H]1[C@@H]23. The van der Waals surface area contributed by atoms with Crippen molar-refractivity contribution in [2.24, 2.45) is 5.92 Å². The molecule has 3 aliphatic rings. The van der Waals surface area contributed by atoms with Gasteiger partial charge in [0.1, 0.15) is 5.75 Å². The molecule has 0 aromatic heterocycles. The molecule has 4 rings (SSSR count). The number of rotatable bonds is 3. The van der Waals surface area contributed by atoms with E-state index in [-0.39, 0.29) is 29.2 Å². The van der Waals surface area contributed by atoms with Crippen molar-refractivity contribution in [1.82, 2.24) is 4.90 Å². The first-order valence-corrected chi connectivity index (χ1v) is 7.93. The maximum atomic E-state index is 7.98. The largest absolute Gasteiger partial charge is 0.494 e. The number of nitrogens with zero attached hydrogens (tertiary/aromatic N) is 1. The summed E-state index contributed by atoms with van der Waals surface area (Å²) in [6, 6.07) is 5.28. The average molecular weight is 293 g/mol. The predicted molar refractivity (Wildman–Crippen MR) is 86.0 cm³/mol. The molecule has 2 nitrogen and oxygen atoms in total. The van der Waals surface area contributed by atoms with Crippen LogP contribution >= 0.6 is 0 Å². The van der Waals surface area contributed by atoms with Gasteiger partial charge in [-0.25, -0.2) is 0 Å². The fourth-order valence-electron chi connectivity index (χ4n) is 5.28. The van der Waals surface area contributed by atoms with Gasteiger partial charge in [-0.2, -0.15) is 0 Å². The topological polar surface area (TPSA) is 12.5 Å². The number of hydrogen-bond acceptors (Lipinski definition) is 2. The molecule has 2 unspecified atom stereocenters. The Morgan fingerprint density at radius 1 is 1.48 bits per heavy atom. The second kappa shape index (κ2) is 4.74. The van der Waals surface area contributed by atoms with Crippen molar-refractivity contribution < 1.29 is 15.7 Å². The van der Waals surface area contributed by atoms with E-state index in [1.807, 2.05) is 6.07 Å². The Balaban J connectivity index is 1.74. The Morgan fingerprint density at radius 2 is 2.43 bits per heavy atom. The van der Waals surface area contributed by atoms with Crippen LogP contribution in [0.15, 0.2) is 18.2 Å². The van der Waals surface area contributed by atoms with Gasteiger partial charge < -0.3 is 4.74 Å². The van der Waals surface area contributed by atoms with E-state index in [1.54, 1.807) is 17.0 Å². The number of benzene rings is 1. The summed E-state index contributed by atoms with van der Waals surface area (Å²) in [6.07, 6.45) is 4.28. The zero-order valence-corrected chi connectivity index (χ0v) is 12.4. The summed E-state index contributed by atoms with van der Waals surface area (Å²) in [4.78, 5) is 1.72. The molecule has 0 spiro atoms. The maximum Gasteiger partial charge on any atom is 0.119 e. The number of hydrogen-bond donors (Lipinski definition) is 0. The van der Waals surface area contributed by atoms with Gasteiger partial charge in [0.2, 0.25) is 0 Å². The molecule has 21 heavy (non-hydrogen) atoms. The molecule has 2 aliphatic carbocycles. The van der Waals surface area contributed by atoms with Gasteiger partial charge in [-0.15, -0.1) is 0 Å². The Morgan fingerprint density at radius 3 is 3.24 bits per heavy atom. The summed E-state index contributed by atoms with van der Waals surface area (Å²) in [5, 5.41) is 0. The maximum absolute atomic E-state index is 7.98. The summed E-state index contributed by atoms with van der Waals surface area (Å²) >= 11 is 0. The van der Waals surface area contributed by atoms with Gasteiger partial charge in [0.15, 0.2) is 0 Å². The van der Waals surface area contributed by atoms with Gasteiger partial charge in [-0.05, 0) is 68.7 Å². The highest BCUT2D eigenvalue weighted by Crippen LogP contribution is 2.59. The van der Waals surface area contributed by atoms with Crippen molar-refractivity contribution >= 4 is 0 Å². The van der Waals surface area contributed by atoms with Crippen molar-refractivity contribution in [3.63, 3.8) is 0 Å². The van der Waals surface area contributed by atoms with E-state index in [2.05, 4.69) is 6.92 Å². The van der Waals surface area contributed by atoms with E-state index in [9.17, 15) is 0 Å². The van der Waals surface area contributed by atoms with Crippen LogP contribution in [-0.2, 0) is 11.8 Å². The minimum atomic E-state index is -2.89. The molecule has 0 N–H and O–H groups in total. The summed E-state index contributed by atoms with van der Waals surface area (Å²) in [6.45, 7) is -5.64. The third kappa shape index (κ3) is 1.69. The first-order chi connectivity index (χ1) is 13.3. The van der Waals surface area contributed by atoms with Crippen LogP contribution in [-0.4, -0.2) is 30.5 Å². The zero-order valence-electron chi connectivity index (χ0n) is 20.4. The van der Waals surface area contributed by atoms with E-state index in [0.29, 0.717) is 6.42 Å². The van der Waals surface area contributed by atoms with E-state index in [1.165, 1.54) is 0 Å².